The van der Waals surface area contributed by atoms with E-state index in [4.69, 9.17) is 14.2 Å². The summed E-state index contributed by atoms with van der Waals surface area (Å²) in [6.45, 7) is 6.63. The molecule has 0 aliphatic carbocycles. The number of carbonyl (C=O) groups is 3. The lowest BCUT2D eigenvalue weighted by Crippen LogP contribution is -2.30. The van der Waals surface area contributed by atoms with E-state index in [1.54, 1.807) is 0 Å². The molecule has 0 aromatic heterocycles. The first-order valence-corrected chi connectivity index (χ1v) is 31.8. The lowest BCUT2D eigenvalue weighted by molar-refractivity contribution is -0.167. The molecule has 0 aromatic rings. The highest BCUT2D eigenvalue weighted by molar-refractivity contribution is 5.71. The van der Waals surface area contributed by atoms with Gasteiger partial charge in [-0.3, -0.25) is 14.4 Å². The largest absolute Gasteiger partial charge is 0.462 e. The van der Waals surface area contributed by atoms with Gasteiger partial charge in [-0.05, 0) is 51.4 Å². The van der Waals surface area contributed by atoms with Crippen molar-refractivity contribution in [1.82, 2.24) is 0 Å². The van der Waals surface area contributed by atoms with Crippen LogP contribution in [0.4, 0.5) is 0 Å². The van der Waals surface area contributed by atoms with Crippen molar-refractivity contribution in [2.24, 2.45) is 0 Å². The highest BCUT2D eigenvalue weighted by Crippen LogP contribution is 2.18. The van der Waals surface area contributed by atoms with Crippen LogP contribution in [0.3, 0.4) is 0 Å². The molecule has 418 valence electrons. The molecule has 0 aromatic carbocycles. The Balaban J connectivity index is 3.99. The van der Waals surface area contributed by atoms with Crippen molar-refractivity contribution in [1.29, 1.82) is 0 Å². The molecule has 6 nitrogen and oxygen atoms in total. The van der Waals surface area contributed by atoms with Crippen molar-refractivity contribution in [2.75, 3.05) is 13.2 Å². The van der Waals surface area contributed by atoms with Gasteiger partial charge >= 0.3 is 17.9 Å². The van der Waals surface area contributed by atoms with Gasteiger partial charge in [-0.15, -0.1) is 0 Å². The average molecular weight is 1000 g/mol. The fourth-order valence-corrected chi connectivity index (χ4v) is 9.65. The number of allylic oxidation sites excluding steroid dienone is 4. The summed E-state index contributed by atoms with van der Waals surface area (Å²) in [6, 6.07) is 0. The van der Waals surface area contributed by atoms with Crippen molar-refractivity contribution >= 4 is 17.9 Å². The predicted octanol–water partition coefficient (Wildman–Crippen LogP) is 21.4. The molecule has 0 heterocycles. The Bertz CT molecular complexity index is 1150. The number of esters is 3. The quantitative estimate of drug-likeness (QED) is 0.0261. The summed E-state index contributed by atoms with van der Waals surface area (Å²) in [7, 11) is 0. The van der Waals surface area contributed by atoms with Crippen LogP contribution < -0.4 is 0 Å². The number of rotatable bonds is 59. The summed E-state index contributed by atoms with van der Waals surface area (Å²) >= 11 is 0. The minimum absolute atomic E-state index is 0.0652. The van der Waals surface area contributed by atoms with Crippen LogP contribution in [0.2, 0.25) is 0 Å². The zero-order valence-electron chi connectivity index (χ0n) is 48.0. The van der Waals surface area contributed by atoms with Gasteiger partial charge in [-0.2, -0.15) is 0 Å². The van der Waals surface area contributed by atoms with Crippen LogP contribution in [-0.4, -0.2) is 37.2 Å². The van der Waals surface area contributed by atoms with Crippen LogP contribution in [0.15, 0.2) is 24.3 Å². The zero-order chi connectivity index (χ0) is 51.4. The van der Waals surface area contributed by atoms with E-state index in [0.717, 1.165) is 64.2 Å². The highest BCUT2D eigenvalue weighted by atomic mass is 16.6. The summed E-state index contributed by atoms with van der Waals surface area (Å²) < 4.78 is 16.8. The second-order valence-electron chi connectivity index (χ2n) is 21.7. The van der Waals surface area contributed by atoms with Gasteiger partial charge in [0.1, 0.15) is 13.2 Å². The summed E-state index contributed by atoms with van der Waals surface area (Å²) in [5, 5.41) is 0. The van der Waals surface area contributed by atoms with Crippen LogP contribution in [-0.2, 0) is 28.6 Å². The molecule has 0 N–H and O–H groups in total. The molecule has 0 saturated carbocycles. The molecule has 0 fully saturated rings. The third-order valence-corrected chi connectivity index (χ3v) is 14.5. The van der Waals surface area contributed by atoms with E-state index in [9.17, 15) is 14.4 Å². The maximum atomic E-state index is 12.8. The lowest BCUT2D eigenvalue weighted by Gasteiger charge is -2.18. The normalized spacial score (nSPS) is 12.1. The standard InChI is InChI=1S/C65H122O6/c1-4-7-10-13-16-18-20-22-24-26-28-29-30-31-32-33-34-35-36-37-38-40-41-43-45-47-49-52-55-58-64(67)70-61-62(60-69-63(66)57-54-51-15-12-9-6-3)71-65(68)59-56-53-50-48-46-44-42-39-27-25-23-21-19-17-14-11-8-5-2/h20,22,26,28,62H,4-19,21,23-25,27,29-61H2,1-3H3/b22-20-,28-26-. The van der Waals surface area contributed by atoms with Gasteiger partial charge in [0.15, 0.2) is 6.10 Å². The molecular weight excluding hydrogens is 877 g/mol. The second-order valence-corrected chi connectivity index (χ2v) is 21.7. The van der Waals surface area contributed by atoms with Crippen LogP contribution in [0.5, 0.6) is 0 Å². The molecule has 0 saturated heterocycles. The van der Waals surface area contributed by atoms with Gasteiger partial charge in [-0.1, -0.05) is 308 Å². The van der Waals surface area contributed by atoms with E-state index < -0.39 is 6.10 Å². The van der Waals surface area contributed by atoms with Crippen molar-refractivity contribution in [3.63, 3.8) is 0 Å². The van der Waals surface area contributed by atoms with E-state index in [1.807, 2.05) is 0 Å². The molecule has 0 spiro atoms. The number of ether oxygens (including phenoxy) is 3. The Morgan fingerprint density at radius 3 is 0.775 bits per heavy atom. The van der Waals surface area contributed by atoms with E-state index in [1.165, 1.54) is 250 Å². The van der Waals surface area contributed by atoms with Gasteiger partial charge in [0.25, 0.3) is 0 Å². The molecule has 0 bridgehead atoms. The van der Waals surface area contributed by atoms with Gasteiger partial charge in [-0.25, -0.2) is 0 Å². The molecule has 0 radical (unpaired) electrons. The Morgan fingerprint density at radius 2 is 0.507 bits per heavy atom. The SMILES string of the molecule is CCCCCCC/C=C\C/C=C\CCCCCCCCCCCCCCCCCCCC(=O)OCC(COC(=O)CCCCCCCC)OC(=O)CCCCCCCCCCCCCCCCCCCC. The summed E-state index contributed by atoms with van der Waals surface area (Å²) in [5.41, 5.74) is 0. The topological polar surface area (TPSA) is 78.9 Å². The average Bonchev–Trinajstić information content (AvgIpc) is 3.37. The molecule has 0 aliphatic rings. The van der Waals surface area contributed by atoms with Crippen molar-refractivity contribution < 1.29 is 28.6 Å². The molecular formula is C65H122O6. The van der Waals surface area contributed by atoms with Crippen molar-refractivity contribution in [3.05, 3.63) is 24.3 Å². The third kappa shape index (κ3) is 58.7. The number of carbonyl (C=O) groups excluding carboxylic acids is 3. The lowest BCUT2D eigenvalue weighted by atomic mass is 10.0. The Morgan fingerprint density at radius 1 is 0.282 bits per heavy atom. The number of hydrogen-bond acceptors (Lipinski definition) is 6. The van der Waals surface area contributed by atoms with Crippen molar-refractivity contribution in [2.45, 2.75) is 361 Å². The first-order valence-electron chi connectivity index (χ1n) is 31.8. The maximum Gasteiger partial charge on any atom is 0.306 e. The maximum absolute atomic E-state index is 12.8. The van der Waals surface area contributed by atoms with Gasteiger partial charge in [0.05, 0.1) is 0 Å². The molecule has 1 unspecified atom stereocenters. The monoisotopic (exact) mass is 999 g/mol. The number of unbranched alkanes of at least 4 members (excludes halogenated alkanes) is 44. The Labute approximate surface area is 443 Å². The first kappa shape index (κ1) is 68.9. The summed E-state index contributed by atoms with van der Waals surface area (Å²) in [6.07, 6.45) is 72.3. The summed E-state index contributed by atoms with van der Waals surface area (Å²) in [4.78, 5) is 38.0. The van der Waals surface area contributed by atoms with Crippen molar-refractivity contribution in [3.8, 4) is 0 Å². The minimum Gasteiger partial charge on any atom is -0.462 e. The first-order chi connectivity index (χ1) is 35.0. The van der Waals surface area contributed by atoms with Crippen LogP contribution >= 0.6 is 0 Å². The van der Waals surface area contributed by atoms with Crippen LogP contribution in [0.25, 0.3) is 0 Å². The molecule has 0 rings (SSSR count). The minimum atomic E-state index is -0.763. The molecule has 0 aliphatic heterocycles. The summed E-state index contributed by atoms with van der Waals surface area (Å²) in [5.74, 6) is -0.851. The number of hydrogen-bond donors (Lipinski definition) is 0. The Kier molecular flexibility index (Phi) is 58.6. The zero-order valence-corrected chi connectivity index (χ0v) is 48.0. The second kappa shape index (κ2) is 60.4. The molecule has 0 amide bonds. The fraction of sp³-hybridized carbons (Fsp3) is 0.892. The smallest absolute Gasteiger partial charge is 0.306 e. The Hall–Kier alpha value is -2.11. The van der Waals surface area contributed by atoms with Crippen LogP contribution in [0.1, 0.15) is 355 Å². The van der Waals surface area contributed by atoms with E-state index >= 15 is 0 Å². The fourth-order valence-electron chi connectivity index (χ4n) is 9.65. The molecule has 6 heteroatoms. The van der Waals surface area contributed by atoms with Gasteiger partial charge in [0, 0.05) is 19.3 Å². The third-order valence-electron chi connectivity index (χ3n) is 14.5. The van der Waals surface area contributed by atoms with Gasteiger partial charge < -0.3 is 14.2 Å². The van der Waals surface area contributed by atoms with E-state index in [2.05, 4.69) is 45.1 Å². The molecule has 71 heavy (non-hydrogen) atoms. The van der Waals surface area contributed by atoms with Crippen LogP contribution in [0, 0.1) is 0 Å². The van der Waals surface area contributed by atoms with Gasteiger partial charge in [0.2, 0.25) is 0 Å². The predicted molar refractivity (Wildman–Crippen MR) is 307 cm³/mol. The highest BCUT2D eigenvalue weighted by Gasteiger charge is 2.19. The van der Waals surface area contributed by atoms with E-state index in [0.29, 0.717) is 19.3 Å². The molecule has 1 atom stereocenters. The van der Waals surface area contributed by atoms with E-state index in [-0.39, 0.29) is 31.1 Å².